The van der Waals surface area contributed by atoms with Crippen LogP contribution in [0.4, 0.5) is 0 Å². The first kappa shape index (κ1) is 14.6. The van der Waals surface area contributed by atoms with Crippen LogP contribution in [0.25, 0.3) is 0 Å². The average molecular weight is 299 g/mol. The Morgan fingerprint density at radius 2 is 1.94 bits per heavy atom. The van der Waals surface area contributed by atoms with E-state index < -0.39 is 10.1 Å². The molecule has 0 spiro atoms. The Hall–Kier alpha value is -0.490. The van der Waals surface area contributed by atoms with Crippen LogP contribution in [0.5, 0.6) is 5.75 Å². The van der Waals surface area contributed by atoms with E-state index in [1.54, 1.807) is 18.2 Å². The van der Waals surface area contributed by atoms with Crippen molar-refractivity contribution in [1.82, 2.24) is 0 Å². The van der Waals surface area contributed by atoms with Gasteiger partial charge in [0.25, 0.3) is 10.1 Å². The predicted molar refractivity (Wildman–Crippen MR) is 67.6 cm³/mol. The Morgan fingerprint density at radius 1 is 1.24 bits per heavy atom. The van der Waals surface area contributed by atoms with Gasteiger partial charge in [-0.2, -0.15) is 8.42 Å². The van der Waals surface area contributed by atoms with Gasteiger partial charge in [-0.15, -0.1) is 0 Å². The lowest BCUT2D eigenvalue weighted by Crippen LogP contribution is -2.06. The molecular formula is C10H12Cl2O4S. The summed E-state index contributed by atoms with van der Waals surface area (Å²) in [6.07, 6.45) is 0.850. The molecule has 0 amide bonds. The number of unbranched alkanes of at least 4 members (excludes halogenated alkanes) is 1. The smallest absolute Gasteiger partial charge is 0.264 e. The molecule has 0 heterocycles. The van der Waals surface area contributed by atoms with Crippen molar-refractivity contribution in [2.75, 3.05) is 12.4 Å². The van der Waals surface area contributed by atoms with Gasteiger partial charge in [-0.05, 0) is 31.0 Å². The first-order valence-corrected chi connectivity index (χ1v) is 7.28. The number of benzene rings is 1. The van der Waals surface area contributed by atoms with Gasteiger partial charge in [0.15, 0.2) is 0 Å². The second-order valence-corrected chi connectivity index (χ2v) is 5.83. The van der Waals surface area contributed by atoms with E-state index >= 15 is 0 Å². The molecule has 0 unspecified atom stereocenters. The maximum atomic E-state index is 10.4. The third kappa shape index (κ3) is 6.12. The van der Waals surface area contributed by atoms with Crippen LogP contribution in [0.1, 0.15) is 12.8 Å². The molecule has 1 aromatic rings. The van der Waals surface area contributed by atoms with Crippen LogP contribution in [-0.4, -0.2) is 25.3 Å². The van der Waals surface area contributed by atoms with Crippen LogP contribution < -0.4 is 4.74 Å². The van der Waals surface area contributed by atoms with Gasteiger partial charge < -0.3 is 4.74 Å². The fourth-order valence-corrected chi connectivity index (χ4v) is 2.19. The molecule has 0 radical (unpaired) electrons. The number of rotatable bonds is 6. The van der Waals surface area contributed by atoms with E-state index in [0.29, 0.717) is 35.2 Å². The van der Waals surface area contributed by atoms with Crippen molar-refractivity contribution >= 4 is 33.3 Å². The Kier molecular flexibility index (Phi) is 5.52. The highest BCUT2D eigenvalue weighted by atomic mass is 35.5. The molecule has 0 aromatic heterocycles. The summed E-state index contributed by atoms with van der Waals surface area (Å²) >= 11 is 11.6. The Labute approximate surface area is 110 Å². The van der Waals surface area contributed by atoms with Crippen molar-refractivity contribution < 1.29 is 17.7 Å². The molecule has 1 N–H and O–H groups in total. The van der Waals surface area contributed by atoms with Crippen LogP contribution in [0.3, 0.4) is 0 Å². The van der Waals surface area contributed by atoms with Gasteiger partial charge in [0.05, 0.1) is 17.4 Å². The summed E-state index contributed by atoms with van der Waals surface area (Å²) in [5, 5.41) is 0.931. The maximum absolute atomic E-state index is 10.4. The largest absolute Gasteiger partial charge is 0.492 e. The quantitative estimate of drug-likeness (QED) is 0.648. The second-order valence-electron chi connectivity index (χ2n) is 3.42. The standard InChI is InChI=1S/C10H12Cl2O4S/c11-8-3-4-10(9(12)7-8)16-5-1-2-6-17(13,14)15/h3-4,7H,1-2,5-6H2,(H,13,14,15). The molecule has 0 saturated heterocycles. The third-order valence-corrected chi connectivity index (χ3v) is 3.28. The molecular weight excluding hydrogens is 287 g/mol. The summed E-state index contributed by atoms with van der Waals surface area (Å²) < 4.78 is 34.7. The molecule has 1 rings (SSSR count). The molecule has 0 atom stereocenters. The molecule has 0 aliphatic carbocycles. The minimum absolute atomic E-state index is 0.259. The van der Waals surface area contributed by atoms with E-state index in [-0.39, 0.29) is 5.75 Å². The number of hydrogen-bond acceptors (Lipinski definition) is 3. The van der Waals surface area contributed by atoms with E-state index in [0.717, 1.165) is 0 Å². The number of hydrogen-bond donors (Lipinski definition) is 1. The molecule has 0 saturated carbocycles. The zero-order valence-corrected chi connectivity index (χ0v) is 11.2. The highest BCUT2D eigenvalue weighted by Crippen LogP contribution is 2.27. The van der Waals surface area contributed by atoms with Crippen LogP contribution in [-0.2, 0) is 10.1 Å². The average Bonchev–Trinajstić information content (AvgIpc) is 2.18. The van der Waals surface area contributed by atoms with Gasteiger partial charge in [-0.25, -0.2) is 0 Å². The lowest BCUT2D eigenvalue weighted by atomic mass is 10.3. The van der Waals surface area contributed by atoms with Crippen LogP contribution in [0.15, 0.2) is 18.2 Å². The van der Waals surface area contributed by atoms with Crippen molar-refractivity contribution in [2.24, 2.45) is 0 Å². The van der Waals surface area contributed by atoms with E-state index in [1.165, 1.54) is 0 Å². The zero-order chi connectivity index (χ0) is 12.9. The van der Waals surface area contributed by atoms with Gasteiger partial charge >= 0.3 is 0 Å². The van der Waals surface area contributed by atoms with Gasteiger partial charge in [-0.3, -0.25) is 4.55 Å². The summed E-state index contributed by atoms with van der Waals surface area (Å²) in [4.78, 5) is 0. The Bertz CT molecular complexity index is 473. The van der Waals surface area contributed by atoms with Gasteiger partial charge in [0.1, 0.15) is 5.75 Å². The summed E-state index contributed by atoms with van der Waals surface area (Å²) in [5.74, 6) is 0.243. The molecule has 0 bridgehead atoms. The van der Waals surface area contributed by atoms with Gasteiger partial charge in [-0.1, -0.05) is 23.2 Å². The van der Waals surface area contributed by atoms with Crippen molar-refractivity contribution in [3.05, 3.63) is 28.2 Å². The first-order valence-electron chi connectivity index (χ1n) is 4.91. The topological polar surface area (TPSA) is 63.6 Å². The Morgan fingerprint density at radius 3 is 2.53 bits per heavy atom. The van der Waals surface area contributed by atoms with Crippen molar-refractivity contribution in [3.63, 3.8) is 0 Å². The zero-order valence-electron chi connectivity index (χ0n) is 8.90. The highest BCUT2D eigenvalue weighted by Gasteiger charge is 2.05. The fourth-order valence-electron chi connectivity index (χ4n) is 1.16. The number of ether oxygens (including phenoxy) is 1. The molecule has 17 heavy (non-hydrogen) atoms. The monoisotopic (exact) mass is 298 g/mol. The minimum Gasteiger partial charge on any atom is -0.492 e. The summed E-state index contributed by atoms with van der Waals surface area (Å²) in [6.45, 7) is 0.330. The molecule has 4 nitrogen and oxygen atoms in total. The summed E-state index contributed by atoms with van der Waals surface area (Å²) in [7, 11) is -3.88. The molecule has 7 heteroatoms. The highest BCUT2D eigenvalue weighted by molar-refractivity contribution is 7.85. The maximum Gasteiger partial charge on any atom is 0.264 e. The van der Waals surface area contributed by atoms with Crippen LogP contribution in [0, 0.1) is 0 Å². The lowest BCUT2D eigenvalue weighted by Gasteiger charge is -2.07. The van der Waals surface area contributed by atoms with Crippen molar-refractivity contribution in [3.8, 4) is 5.75 Å². The van der Waals surface area contributed by atoms with E-state index in [1.807, 2.05) is 0 Å². The molecule has 96 valence electrons. The van der Waals surface area contributed by atoms with Gasteiger partial charge in [0, 0.05) is 5.02 Å². The molecule has 0 fully saturated rings. The van der Waals surface area contributed by atoms with Crippen molar-refractivity contribution in [2.45, 2.75) is 12.8 Å². The lowest BCUT2D eigenvalue weighted by molar-refractivity contribution is 0.309. The van der Waals surface area contributed by atoms with E-state index in [2.05, 4.69) is 0 Å². The molecule has 0 aliphatic heterocycles. The molecule has 1 aromatic carbocycles. The van der Waals surface area contributed by atoms with Crippen molar-refractivity contribution in [1.29, 1.82) is 0 Å². The van der Waals surface area contributed by atoms with E-state index in [9.17, 15) is 8.42 Å². The summed E-state index contributed by atoms with van der Waals surface area (Å²) in [5.41, 5.74) is 0. The van der Waals surface area contributed by atoms with Gasteiger partial charge in [0.2, 0.25) is 0 Å². The first-order chi connectivity index (χ1) is 7.88. The Balaban J connectivity index is 2.32. The second kappa shape index (κ2) is 6.44. The molecule has 0 aliphatic rings. The predicted octanol–water partition coefficient (Wildman–Crippen LogP) is 3.04. The van der Waals surface area contributed by atoms with Crippen LogP contribution >= 0.6 is 23.2 Å². The minimum atomic E-state index is -3.88. The number of halogens is 2. The van der Waals surface area contributed by atoms with E-state index in [4.69, 9.17) is 32.5 Å². The normalized spacial score (nSPS) is 11.5. The SMILES string of the molecule is O=S(=O)(O)CCCCOc1ccc(Cl)cc1Cl. The third-order valence-electron chi connectivity index (χ3n) is 1.95. The fraction of sp³-hybridized carbons (Fsp3) is 0.400. The van der Waals surface area contributed by atoms with Crippen LogP contribution in [0.2, 0.25) is 10.0 Å². The summed E-state index contributed by atoms with van der Waals surface area (Å²) in [6, 6.07) is 4.87.